The predicted octanol–water partition coefficient (Wildman–Crippen LogP) is 2.04. The van der Waals surface area contributed by atoms with Crippen molar-refractivity contribution in [1.29, 1.82) is 0 Å². The van der Waals surface area contributed by atoms with Gasteiger partial charge in [-0.3, -0.25) is 0 Å². The molecule has 1 heterocycles. The van der Waals surface area contributed by atoms with E-state index in [9.17, 15) is 9.90 Å². The molecule has 86 valence electrons. The molecule has 1 saturated heterocycles. The van der Waals surface area contributed by atoms with Crippen LogP contribution >= 0.6 is 0 Å². The largest absolute Gasteiger partial charge is 0.508 e. The molecule has 4 nitrogen and oxygen atoms in total. The summed E-state index contributed by atoms with van der Waals surface area (Å²) < 4.78 is 5.04. The molecule has 0 saturated carbocycles. The van der Waals surface area contributed by atoms with Crippen LogP contribution in [0.25, 0.3) is 0 Å². The number of amides is 1. The number of phenols is 1. The second-order valence-corrected chi connectivity index (χ2v) is 4.20. The van der Waals surface area contributed by atoms with E-state index in [4.69, 9.17) is 4.74 Å². The van der Waals surface area contributed by atoms with Crippen molar-refractivity contribution in [2.45, 2.75) is 26.5 Å². The summed E-state index contributed by atoms with van der Waals surface area (Å²) in [4.78, 5) is 13.1. The zero-order chi connectivity index (χ0) is 11.7. The van der Waals surface area contributed by atoms with Crippen LogP contribution in [0.15, 0.2) is 18.2 Å². The molecule has 1 aliphatic heterocycles. The molecule has 0 aromatic heterocycles. The molecule has 0 radical (unpaired) electrons. The number of carbonyl (C=O) groups excluding carboxylic acids is 1. The Hall–Kier alpha value is -1.71. The molecule has 2 rings (SSSR count). The van der Waals surface area contributed by atoms with Gasteiger partial charge in [-0.25, -0.2) is 4.79 Å². The Morgan fingerprint density at radius 2 is 2.31 bits per heavy atom. The standard InChI is InChI=1S/C12H15NO3/c1-8-5-10(3-4-11(8)14)7-13-6-9(2)16-12(13)15/h3-5,9,14H,6-7H2,1-2H3/t9-/m1/s1. The van der Waals surface area contributed by atoms with E-state index in [1.54, 1.807) is 11.0 Å². The molecular formula is C12H15NO3. The van der Waals surface area contributed by atoms with Gasteiger partial charge in [0.1, 0.15) is 11.9 Å². The Balaban J connectivity index is 2.09. The quantitative estimate of drug-likeness (QED) is 0.831. The maximum atomic E-state index is 11.4. The molecule has 1 amide bonds. The molecule has 1 aromatic carbocycles. The monoisotopic (exact) mass is 221 g/mol. The first-order valence-electron chi connectivity index (χ1n) is 5.30. The number of aromatic hydroxyl groups is 1. The third-order valence-corrected chi connectivity index (χ3v) is 2.67. The lowest BCUT2D eigenvalue weighted by molar-refractivity contribution is 0.137. The Labute approximate surface area is 94.4 Å². The van der Waals surface area contributed by atoms with Crippen molar-refractivity contribution in [3.63, 3.8) is 0 Å². The Morgan fingerprint density at radius 3 is 2.88 bits per heavy atom. The fourth-order valence-corrected chi connectivity index (χ4v) is 1.83. The van der Waals surface area contributed by atoms with E-state index in [2.05, 4.69) is 0 Å². The molecule has 1 fully saturated rings. The van der Waals surface area contributed by atoms with Crippen LogP contribution in [0.1, 0.15) is 18.1 Å². The van der Waals surface area contributed by atoms with Gasteiger partial charge in [-0.15, -0.1) is 0 Å². The van der Waals surface area contributed by atoms with Crippen molar-refractivity contribution >= 4 is 6.09 Å². The van der Waals surface area contributed by atoms with E-state index >= 15 is 0 Å². The van der Waals surface area contributed by atoms with Gasteiger partial charge in [-0.05, 0) is 31.0 Å². The second kappa shape index (κ2) is 4.04. The third-order valence-electron chi connectivity index (χ3n) is 2.67. The minimum atomic E-state index is -0.266. The maximum Gasteiger partial charge on any atom is 0.410 e. The molecule has 0 aliphatic carbocycles. The maximum absolute atomic E-state index is 11.4. The Kier molecular flexibility index (Phi) is 2.73. The van der Waals surface area contributed by atoms with Crippen LogP contribution in [-0.2, 0) is 11.3 Å². The summed E-state index contributed by atoms with van der Waals surface area (Å²) >= 11 is 0. The van der Waals surface area contributed by atoms with Gasteiger partial charge in [-0.1, -0.05) is 12.1 Å². The van der Waals surface area contributed by atoms with Crippen molar-refractivity contribution in [1.82, 2.24) is 4.90 Å². The lowest BCUT2D eigenvalue weighted by Crippen LogP contribution is -2.24. The summed E-state index contributed by atoms with van der Waals surface area (Å²) in [5.74, 6) is 0.279. The minimum absolute atomic E-state index is 0.0364. The van der Waals surface area contributed by atoms with Crippen molar-refractivity contribution in [2.24, 2.45) is 0 Å². The molecule has 0 bridgehead atoms. The molecule has 1 aromatic rings. The minimum Gasteiger partial charge on any atom is -0.508 e. The summed E-state index contributed by atoms with van der Waals surface area (Å²) in [5.41, 5.74) is 1.82. The van der Waals surface area contributed by atoms with E-state index in [1.165, 1.54) is 0 Å². The fraction of sp³-hybridized carbons (Fsp3) is 0.417. The molecule has 1 aliphatic rings. The van der Waals surface area contributed by atoms with Crippen molar-refractivity contribution in [3.8, 4) is 5.75 Å². The Morgan fingerprint density at radius 1 is 1.56 bits per heavy atom. The van der Waals surface area contributed by atoms with Gasteiger partial charge in [0, 0.05) is 6.54 Å². The smallest absolute Gasteiger partial charge is 0.410 e. The highest BCUT2D eigenvalue weighted by molar-refractivity contribution is 5.69. The van der Waals surface area contributed by atoms with E-state index < -0.39 is 0 Å². The van der Waals surface area contributed by atoms with E-state index in [-0.39, 0.29) is 17.9 Å². The SMILES string of the molecule is Cc1cc(CN2C[C@@H](C)OC2=O)ccc1O. The first-order chi connectivity index (χ1) is 7.56. The Bertz CT molecular complexity index is 417. The first-order valence-corrected chi connectivity index (χ1v) is 5.30. The summed E-state index contributed by atoms with van der Waals surface area (Å²) in [6.07, 6.45) is -0.302. The normalized spacial score (nSPS) is 20.0. The van der Waals surface area contributed by atoms with Gasteiger partial charge < -0.3 is 14.7 Å². The van der Waals surface area contributed by atoms with Crippen molar-refractivity contribution in [2.75, 3.05) is 6.54 Å². The molecular weight excluding hydrogens is 206 g/mol. The topological polar surface area (TPSA) is 49.8 Å². The van der Waals surface area contributed by atoms with Gasteiger partial charge in [0.15, 0.2) is 0 Å². The van der Waals surface area contributed by atoms with E-state index in [0.717, 1.165) is 11.1 Å². The number of carbonyl (C=O) groups is 1. The van der Waals surface area contributed by atoms with Gasteiger partial charge in [0.2, 0.25) is 0 Å². The third kappa shape index (κ3) is 2.10. The van der Waals surface area contributed by atoms with Gasteiger partial charge in [0.25, 0.3) is 0 Å². The van der Waals surface area contributed by atoms with Crippen LogP contribution in [0, 0.1) is 6.92 Å². The van der Waals surface area contributed by atoms with Crippen LogP contribution < -0.4 is 0 Å². The number of benzene rings is 1. The number of hydrogen-bond donors (Lipinski definition) is 1. The van der Waals surface area contributed by atoms with E-state index in [0.29, 0.717) is 13.1 Å². The highest BCUT2D eigenvalue weighted by atomic mass is 16.6. The summed E-state index contributed by atoms with van der Waals surface area (Å²) in [5, 5.41) is 9.39. The average Bonchev–Trinajstić information content (AvgIpc) is 2.51. The lowest BCUT2D eigenvalue weighted by atomic mass is 10.1. The van der Waals surface area contributed by atoms with Gasteiger partial charge in [0.05, 0.1) is 6.54 Å². The zero-order valence-electron chi connectivity index (χ0n) is 9.43. The number of nitrogens with zero attached hydrogens (tertiary/aromatic N) is 1. The number of phenolic OH excluding ortho intramolecular Hbond substituents is 1. The zero-order valence-corrected chi connectivity index (χ0v) is 9.43. The van der Waals surface area contributed by atoms with Crippen LogP contribution in [-0.4, -0.2) is 28.7 Å². The van der Waals surface area contributed by atoms with Crippen LogP contribution in [0.4, 0.5) is 4.79 Å². The van der Waals surface area contributed by atoms with Crippen LogP contribution in [0.5, 0.6) is 5.75 Å². The first kappa shape index (κ1) is 10.8. The van der Waals surface area contributed by atoms with Crippen molar-refractivity contribution in [3.05, 3.63) is 29.3 Å². The lowest BCUT2D eigenvalue weighted by Gasteiger charge is -2.13. The molecule has 4 heteroatoms. The predicted molar refractivity (Wildman–Crippen MR) is 59.2 cm³/mol. The average molecular weight is 221 g/mol. The number of rotatable bonds is 2. The van der Waals surface area contributed by atoms with E-state index in [1.807, 2.05) is 26.0 Å². The number of hydrogen-bond acceptors (Lipinski definition) is 3. The van der Waals surface area contributed by atoms with Crippen molar-refractivity contribution < 1.29 is 14.6 Å². The molecule has 0 spiro atoms. The highest BCUT2D eigenvalue weighted by Crippen LogP contribution is 2.20. The molecule has 1 N–H and O–H groups in total. The fourth-order valence-electron chi connectivity index (χ4n) is 1.83. The van der Waals surface area contributed by atoms with Gasteiger partial charge in [-0.2, -0.15) is 0 Å². The summed E-state index contributed by atoms with van der Waals surface area (Å²) in [6.45, 7) is 4.87. The number of aryl methyl sites for hydroxylation is 1. The second-order valence-electron chi connectivity index (χ2n) is 4.20. The van der Waals surface area contributed by atoms with Gasteiger partial charge >= 0.3 is 6.09 Å². The summed E-state index contributed by atoms with van der Waals surface area (Å²) in [7, 11) is 0. The van der Waals surface area contributed by atoms with Crippen LogP contribution in [0.2, 0.25) is 0 Å². The number of ether oxygens (including phenoxy) is 1. The number of cyclic esters (lactones) is 1. The molecule has 0 unspecified atom stereocenters. The molecule has 1 atom stereocenters. The van der Waals surface area contributed by atoms with Crippen LogP contribution in [0.3, 0.4) is 0 Å². The summed E-state index contributed by atoms with van der Waals surface area (Å²) in [6, 6.07) is 5.35. The molecule has 16 heavy (non-hydrogen) atoms. The highest BCUT2D eigenvalue weighted by Gasteiger charge is 2.27.